The van der Waals surface area contributed by atoms with Crippen molar-refractivity contribution in [2.75, 3.05) is 6.61 Å². The molecule has 1 nitrogen and oxygen atoms in total. The number of aliphatic hydroxyl groups excluding tert-OH is 1. The molecule has 1 N–H and O–H groups in total. The maximum atomic E-state index is 8.99. The average Bonchev–Trinajstić information content (AvgIpc) is 1.80. The first-order valence-electron chi connectivity index (χ1n) is 4.19. The average molecular weight is 156 g/mol. The zero-order chi connectivity index (χ0) is 9.07. The van der Waals surface area contributed by atoms with Crippen LogP contribution in [-0.4, -0.2) is 11.7 Å². The maximum Gasteiger partial charge on any atom is 0.0644 e. The minimum atomic E-state index is 0.183. The van der Waals surface area contributed by atoms with Crippen LogP contribution in [0.15, 0.2) is 11.6 Å². The minimum Gasteiger partial charge on any atom is -0.392 e. The van der Waals surface area contributed by atoms with Gasteiger partial charge in [-0.1, -0.05) is 40.7 Å². The Hall–Kier alpha value is -0.300. The molecule has 0 aromatic carbocycles. The fourth-order valence-electron chi connectivity index (χ4n) is 0.951. The van der Waals surface area contributed by atoms with Crippen molar-refractivity contribution in [3.8, 4) is 0 Å². The number of aliphatic hydroxyl groups is 1. The van der Waals surface area contributed by atoms with Crippen LogP contribution >= 0.6 is 0 Å². The smallest absolute Gasteiger partial charge is 0.0644 e. The predicted octanol–water partition coefficient (Wildman–Crippen LogP) is 2.61. The van der Waals surface area contributed by atoms with Crippen LogP contribution in [0.1, 0.15) is 34.6 Å². The van der Waals surface area contributed by atoms with E-state index in [2.05, 4.69) is 40.7 Å². The molecule has 1 heteroatoms. The van der Waals surface area contributed by atoms with E-state index in [1.165, 1.54) is 0 Å². The van der Waals surface area contributed by atoms with Gasteiger partial charge in [0.2, 0.25) is 0 Å². The van der Waals surface area contributed by atoms with Gasteiger partial charge < -0.3 is 5.11 Å². The Morgan fingerprint density at radius 2 is 1.82 bits per heavy atom. The van der Waals surface area contributed by atoms with Crippen molar-refractivity contribution in [1.82, 2.24) is 0 Å². The van der Waals surface area contributed by atoms with Crippen molar-refractivity contribution in [2.45, 2.75) is 34.6 Å². The second-order valence-electron chi connectivity index (χ2n) is 4.40. The first-order chi connectivity index (χ1) is 4.87. The molecule has 0 radical (unpaired) electrons. The first-order valence-corrected chi connectivity index (χ1v) is 4.19. The van der Waals surface area contributed by atoms with Crippen molar-refractivity contribution < 1.29 is 5.11 Å². The molecule has 66 valence electrons. The van der Waals surface area contributed by atoms with Crippen molar-refractivity contribution >= 4 is 0 Å². The summed E-state index contributed by atoms with van der Waals surface area (Å²) in [5.74, 6) is 0.458. The summed E-state index contributed by atoms with van der Waals surface area (Å²) >= 11 is 0. The summed E-state index contributed by atoms with van der Waals surface area (Å²) < 4.78 is 0. The Balaban J connectivity index is 4.36. The van der Waals surface area contributed by atoms with Crippen LogP contribution in [0.5, 0.6) is 0 Å². The van der Waals surface area contributed by atoms with E-state index in [4.69, 9.17) is 5.11 Å². The highest BCUT2D eigenvalue weighted by atomic mass is 16.3. The highest BCUT2D eigenvalue weighted by Crippen LogP contribution is 2.20. The standard InChI is InChI=1S/C10H20O/c1-8(2)9(7-11)6-10(3,4)5/h6,8,11H,7H2,1-5H3/b9-6+. The molecule has 0 heterocycles. The van der Waals surface area contributed by atoms with Gasteiger partial charge in [0.1, 0.15) is 0 Å². The van der Waals surface area contributed by atoms with Crippen LogP contribution < -0.4 is 0 Å². The molecule has 0 aliphatic rings. The minimum absolute atomic E-state index is 0.183. The van der Waals surface area contributed by atoms with Gasteiger partial charge in [0.15, 0.2) is 0 Å². The lowest BCUT2D eigenvalue weighted by molar-refractivity contribution is 0.315. The van der Waals surface area contributed by atoms with Crippen molar-refractivity contribution in [2.24, 2.45) is 11.3 Å². The molecule has 11 heavy (non-hydrogen) atoms. The molecule has 0 saturated heterocycles. The van der Waals surface area contributed by atoms with Gasteiger partial charge in [-0.25, -0.2) is 0 Å². The highest BCUT2D eigenvalue weighted by molar-refractivity contribution is 5.09. The van der Waals surface area contributed by atoms with E-state index in [1.54, 1.807) is 0 Å². The number of hydrogen-bond acceptors (Lipinski definition) is 1. The van der Waals surface area contributed by atoms with E-state index < -0.39 is 0 Å². The van der Waals surface area contributed by atoms with Gasteiger partial charge in [0, 0.05) is 0 Å². The van der Waals surface area contributed by atoms with Gasteiger partial charge in [-0.15, -0.1) is 0 Å². The molecule has 0 fully saturated rings. The first kappa shape index (κ1) is 10.7. The second-order valence-corrected chi connectivity index (χ2v) is 4.40. The third kappa shape index (κ3) is 5.02. The van der Waals surface area contributed by atoms with E-state index in [0.29, 0.717) is 5.92 Å². The van der Waals surface area contributed by atoms with Gasteiger partial charge in [0.25, 0.3) is 0 Å². The Bertz CT molecular complexity index is 137. The molecule has 0 aliphatic heterocycles. The van der Waals surface area contributed by atoms with Crippen LogP contribution in [0.3, 0.4) is 0 Å². The second kappa shape index (κ2) is 3.91. The zero-order valence-electron chi connectivity index (χ0n) is 8.31. The Labute approximate surface area is 70.1 Å². The lowest BCUT2D eigenvalue weighted by atomic mass is 9.90. The molecule has 0 atom stereocenters. The molecule has 0 unspecified atom stereocenters. The van der Waals surface area contributed by atoms with Crippen LogP contribution in [-0.2, 0) is 0 Å². The summed E-state index contributed by atoms with van der Waals surface area (Å²) in [5.41, 5.74) is 1.32. The van der Waals surface area contributed by atoms with E-state index >= 15 is 0 Å². The summed E-state index contributed by atoms with van der Waals surface area (Å²) in [5, 5.41) is 8.99. The van der Waals surface area contributed by atoms with Crippen molar-refractivity contribution in [1.29, 1.82) is 0 Å². The van der Waals surface area contributed by atoms with Crippen molar-refractivity contribution in [3.05, 3.63) is 11.6 Å². The zero-order valence-corrected chi connectivity index (χ0v) is 8.31. The van der Waals surface area contributed by atoms with Crippen LogP contribution in [0, 0.1) is 11.3 Å². The van der Waals surface area contributed by atoms with Crippen LogP contribution in [0.2, 0.25) is 0 Å². The molecule has 0 aromatic rings. The Kier molecular flexibility index (Phi) is 3.81. The summed E-state index contributed by atoms with van der Waals surface area (Å²) in [4.78, 5) is 0. The number of allylic oxidation sites excluding steroid dienone is 1. The number of hydrogen-bond donors (Lipinski definition) is 1. The van der Waals surface area contributed by atoms with E-state index in [1.807, 2.05) is 0 Å². The lowest BCUT2D eigenvalue weighted by Gasteiger charge is -2.17. The monoisotopic (exact) mass is 156 g/mol. The van der Waals surface area contributed by atoms with Gasteiger partial charge in [-0.2, -0.15) is 0 Å². The molecular weight excluding hydrogens is 136 g/mol. The topological polar surface area (TPSA) is 20.2 Å². The van der Waals surface area contributed by atoms with E-state index in [9.17, 15) is 0 Å². The lowest BCUT2D eigenvalue weighted by Crippen LogP contribution is -2.07. The molecule has 0 bridgehead atoms. The van der Waals surface area contributed by atoms with Gasteiger partial charge in [0.05, 0.1) is 6.61 Å². The molecule has 0 amide bonds. The summed E-state index contributed by atoms with van der Waals surface area (Å²) in [7, 11) is 0. The molecule has 0 saturated carbocycles. The van der Waals surface area contributed by atoms with Crippen LogP contribution in [0.4, 0.5) is 0 Å². The third-order valence-corrected chi connectivity index (χ3v) is 1.54. The summed E-state index contributed by atoms with van der Waals surface area (Å²) in [6.07, 6.45) is 2.15. The molecule has 0 aliphatic carbocycles. The van der Waals surface area contributed by atoms with E-state index in [-0.39, 0.29) is 12.0 Å². The fraction of sp³-hybridized carbons (Fsp3) is 0.800. The highest BCUT2D eigenvalue weighted by Gasteiger charge is 2.09. The summed E-state index contributed by atoms with van der Waals surface area (Å²) in [6.45, 7) is 10.8. The normalized spacial score (nSPS) is 14.3. The third-order valence-electron chi connectivity index (χ3n) is 1.54. The molecular formula is C10H20O. The summed E-state index contributed by atoms with van der Waals surface area (Å²) in [6, 6.07) is 0. The van der Waals surface area contributed by atoms with Gasteiger partial charge >= 0.3 is 0 Å². The van der Waals surface area contributed by atoms with Crippen LogP contribution in [0.25, 0.3) is 0 Å². The molecule has 0 spiro atoms. The van der Waals surface area contributed by atoms with Gasteiger partial charge in [-0.3, -0.25) is 0 Å². The SMILES string of the molecule is CC(C)/C(=C/C(C)(C)C)CO. The molecule has 0 aromatic heterocycles. The number of rotatable bonds is 2. The van der Waals surface area contributed by atoms with Gasteiger partial charge in [-0.05, 0) is 16.9 Å². The largest absolute Gasteiger partial charge is 0.392 e. The van der Waals surface area contributed by atoms with E-state index in [0.717, 1.165) is 5.57 Å². The maximum absolute atomic E-state index is 8.99. The quantitative estimate of drug-likeness (QED) is 0.609. The molecule has 0 rings (SSSR count). The predicted molar refractivity (Wildman–Crippen MR) is 49.5 cm³/mol. The fourth-order valence-corrected chi connectivity index (χ4v) is 0.951. The van der Waals surface area contributed by atoms with Crippen molar-refractivity contribution in [3.63, 3.8) is 0 Å². The Morgan fingerprint density at radius 1 is 1.36 bits per heavy atom. The Morgan fingerprint density at radius 3 is 1.91 bits per heavy atom.